The van der Waals surface area contributed by atoms with Gasteiger partial charge >= 0.3 is 0 Å². The molecule has 0 aliphatic heterocycles. The lowest BCUT2D eigenvalue weighted by Crippen LogP contribution is -2.13. The van der Waals surface area contributed by atoms with Crippen LogP contribution in [-0.2, 0) is 21.7 Å². The van der Waals surface area contributed by atoms with Crippen LogP contribution in [0.25, 0.3) is 77.2 Å². The zero-order valence-electron chi connectivity index (χ0n) is 49.0. The van der Waals surface area contributed by atoms with Gasteiger partial charge in [0.2, 0.25) is 0 Å². The van der Waals surface area contributed by atoms with E-state index >= 15 is 8.78 Å². The molecule has 0 fully saturated rings. The largest absolute Gasteiger partial charge is 0.505 e. The first-order chi connectivity index (χ1) is 37.0. The van der Waals surface area contributed by atoms with Crippen molar-refractivity contribution in [1.82, 2.24) is 9.13 Å². The SMILES string of the molecule is Cc1ccc2c(c1)c1cc(C)ccc1n2-c1cc(C(C)(C)C)cc(-c2cc(F)cc(C)c2OCCCOc2c(C)cc(F)cc2-c2cc(C(C)(C)C)cc(-n3c4cc(C(C)(C)C)ccc4c4ccc(C(C)(C)C)cc43)c2O)c1O. The van der Waals surface area contributed by atoms with Gasteiger partial charge in [0.25, 0.3) is 0 Å². The Labute approximate surface area is 465 Å². The molecule has 0 amide bonds. The number of phenolic OH excluding ortho intramolecular Hbond substituents is 2. The average Bonchev–Trinajstić information content (AvgIpc) is 3.88. The highest BCUT2D eigenvalue weighted by Gasteiger charge is 2.29. The highest BCUT2D eigenvalue weighted by molar-refractivity contribution is 6.11. The number of aryl methyl sites for hydroxylation is 4. The number of fused-ring (bicyclic) bond motifs is 6. The summed E-state index contributed by atoms with van der Waals surface area (Å²) in [6.45, 7) is 34.2. The van der Waals surface area contributed by atoms with Crippen LogP contribution in [0.15, 0.2) is 121 Å². The molecule has 0 aliphatic rings. The van der Waals surface area contributed by atoms with Crippen molar-refractivity contribution in [3.63, 3.8) is 0 Å². The molecule has 8 aromatic carbocycles. The molecule has 0 radical (unpaired) electrons. The van der Waals surface area contributed by atoms with Crippen molar-refractivity contribution < 1.29 is 28.5 Å². The predicted molar refractivity (Wildman–Crippen MR) is 325 cm³/mol. The molecular weight excluding hydrogens is 983 g/mol. The number of hydrogen-bond acceptors (Lipinski definition) is 4. The van der Waals surface area contributed by atoms with Gasteiger partial charge in [0.05, 0.1) is 46.7 Å². The first-order valence-electron chi connectivity index (χ1n) is 27.7. The Morgan fingerprint density at radius 2 is 0.747 bits per heavy atom. The lowest BCUT2D eigenvalue weighted by atomic mass is 9.84. The van der Waals surface area contributed by atoms with Crippen LogP contribution in [0.4, 0.5) is 8.78 Å². The van der Waals surface area contributed by atoms with Crippen molar-refractivity contribution in [3.8, 4) is 56.6 Å². The molecular formula is C71H76F2N2O4. The van der Waals surface area contributed by atoms with Gasteiger partial charge in [-0.2, -0.15) is 0 Å². The summed E-state index contributed by atoms with van der Waals surface area (Å²) in [4.78, 5) is 0. The summed E-state index contributed by atoms with van der Waals surface area (Å²) in [5.74, 6) is 0.0259. The number of aromatic hydroxyl groups is 2. The number of benzene rings is 8. The highest BCUT2D eigenvalue weighted by Crippen LogP contribution is 2.49. The molecule has 2 heterocycles. The molecule has 10 rings (SSSR count). The van der Waals surface area contributed by atoms with E-state index in [1.807, 2.05) is 32.0 Å². The monoisotopic (exact) mass is 1060 g/mol. The lowest BCUT2D eigenvalue weighted by molar-refractivity contribution is 0.246. The molecule has 2 aromatic heterocycles. The second kappa shape index (κ2) is 19.6. The third-order valence-corrected chi connectivity index (χ3v) is 15.8. The summed E-state index contributed by atoms with van der Waals surface area (Å²) in [5, 5.41) is 29.8. The van der Waals surface area contributed by atoms with E-state index in [4.69, 9.17) is 9.47 Å². The quantitative estimate of drug-likeness (QED) is 0.134. The van der Waals surface area contributed by atoms with Crippen LogP contribution in [0, 0.1) is 39.3 Å². The number of halogens is 2. The molecule has 2 N–H and O–H groups in total. The fraction of sp³-hybridized carbons (Fsp3) is 0.324. The minimum absolute atomic E-state index is 0.00912. The molecule has 0 aliphatic carbocycles. The molecule has 0 bridgehead atoms. The van der Waals surface area contributed by atoms with E-state index < -0.39 is 11.6 Å². The van der Waals surface area contributed by atoms with Crippen LogP contribution < -0.4 is 9.47 Å². The minimum atomic E-state index is -0.448. The van der Waals surface area contributed by atoms with Crippen LogP contribution >= 0.6 is 0 Å². The second-order valence-electron chi connectivity index (χ2n) is 26.2. The Morgan fingerprint density at radius 3 is 1.11 bits per heavy atom. The van der Waals surface area contributed by atoms with Gasteiger partial charge in [0.15, 0.2) is 0 Å². The summed E-state index contributed by atoms with van der Waals surface area (Å²) >= 11 is 0. The molecule has 0 saturated carbocycles. The molecule has 0 saturated heterocycles. The normalized spacial score (nSPS) is 12.7. The van der Waals surface area contributed by atoms with E-state index in [-0.39, 0.29) is 46.4 Å². The van der Waals surface area contributed by atoms with Gasteiger partial charge in [-0.25, -0.2) is 8.78 Å². The van der Waals surface area contributed by atoms with Crippen molar-refractivity contribution in [2.75, 3.05) is 13.2 Å². The van der Waals surface area contributed by atoms with Gasteiger partial charge in [-0.15, -0.1) is 0 Å². The van der Waals surface area contributed by atoms with E-state index in [1.165, 1.54) is 35.4 Å². The Morgan fingerprint density at radius 1 is 0.380 bits per heavy atom. The summed E-state index contributed by atoms with van der Waals surface area (Å²) in [6, 6.07) is 39.9. The lowest BCUT2D eigenvalue weighted by Gasteiger charge is -2.25. The maximum Gasteiger partial charge on any atom is 0.147 e. The molecule has 0 spiro atoms. The van der Waals surface area contributed by atoms with Gasteiger partial charge in [0, 0.05) is 50.2 Å². The average molecular weight is 1060 g/mol. The van der Waals surface area contributed by atoms with Crippen molar-refractivity contribution in [2.45, 2.75) is 139 Å². The summed E-state index contributed by atoms with van der Waals surface area (Å²) in [7, 11) is 0. The zero-order chi connectivity index (χ0) is 57.0. The number of aromatic nitrogens is 2. The summed E-state index contributed by atoms with van der Waals surface area (Å²) < 4.78 is 49.3. The van der Waals surface area contributed by atoms with E-state index in [9.17, 15) is 10.2 Å². The van der Waals surface area contributed by atoms with Crippen molar-refractivity contribution in [3.05, 3.63) is 177 Å². The third-order valence-electron chi connectivity index (χ3n) is 15.8. The number of nitrogens with zero attached hydrogens (tertiary/aromatic N) is 2. The summed E-state index contributed by atoms with van der Waals surface area (Å²) in [5.41, 5.74) is 13.5. The van der Waals surface area contributed by atoms with Crippen molar-refractivity contribution >= 4 is 43.6 Å². The van der Waals surface area contributed by atoms with Crippen LogP contribution in [0.3, 0.4) is 0 Å². The summed E-state index contributed by atoms with van der Waals surface area (Å²) in [6.07, 6.45) is 0.402. The number of ether oxygens (including phenoxy) is 2. The number of rotatable bonds is 10. The Balaban J connectivity index is 1.02. The molecule has 8 heteroatoms. The molecule has 408 valence electrons. The molecule has 0 atom stereocenters. The smallest absolute Gasteiger partial charge is 0.147 e. The molecule has 79 heavy (non-hydrogen) atoms. The maximum atomic E-state index is 15.9. The highest BCUT2D eigenvalue weighted by atomic mass is 19.1. The van der Waals surface area contributed by atoms with Crippen LogP contribution in [0.5, 0.6) is 23.0 Å². The topological polar surface area (TPSA) is 68.8 Å². The van der Waals surface area contributed by atoms with E-state index in [2.05, 4.69) is 185 Å². The Bertz CT molecular complexity index is 3940. The second-order valence-corrected chi connectivity index (χ2v) is 26.2. The fourth-order valence-electron chi connectivity index (χ4n) is 11.2. The van der Waals surface area contributed by atoms with Crippen LogP contribution in [0.1, 0.15) is 134 Å². The van der Waals surface area contributed by atoms with Crippen molar-refractivity contribution in [1.29, 1.82) is 0 Å². The van der Waals surface area contributed by atoms with E-state index in [0.29, 0.717) is 62.7 Å². The van der Waals surface area contributed by atoms with Crippen molar-refractivity contribution in [2.24, 2.45) is 0 Å². The minimum Gasteiger partial charge on any atom is -0.505 e. The first-order valence-corrected chi connectivity index (χ1v) is 27.7. The molecule has 6 nitrogen and oxygen atoms in total. The molecule has 0 unspecified atom stereocenters. The standard InChI is InChI=1S/C71H76F2N2O4/c1-40-18-24-58-52(28-40)53-29-41(2)19-25-59(53)74(58)62-36-46(70(11,12)13)32-54(64(62)76)56-38-48(72)30-42(3)66(56)78-26-17-27-79-67-43(4)31-49(73)39-57(67)55-33-47(71(14,15)16)37-63(65(55)77)75-60-34-44(68(5,6)7)20-22-50(60)51-23-21-45(35-61(51)75)69(8,9)10/h18-25,28-39,76-77H,17,26-27H2,1-16H3. The number of hydrogen-bond donors (Lipinski definition) is 2. The van der Waals surface area contributed by atoms with E-state index in [1.54, 1.807) is 0 Å². The van der Waals surface area contributed by atoms with Gasteiger partial charge in [0.1, 0.15) is 34.6 Å². The van der Waals surface area contributed by atoms with E-state index in [0.717, 1.165) is 65.9 Å². The van der Waals surface area contributed by atoms with Crippen LogP contribution in [0.2, 0.25) is 0 Å². The van der Waals surface area contributed by atoms with Gasteiger partial charge in [-0.1, -0.05) is 131 Å². The molecule has 10 aromatic rings. The number of phenols is 2. The zero-order valence-corrected chi connectivity index (χ0v) is 49.0. The van der Waals surface area contributed by atoms with Crippen LogP contribution in [-0.4, -0.2) is 32.6 Å². The van der Waals surface area contributed by atoms with Gasteiger partial charge in [-0.05, 0) is 168 Å². The fourth-order valence-corrected chi connectivity index (χ4v) is 11.2. The predicted octanol–water partition coefficient (Wildman–Crippen LogP) is 19.2. The Kier molecular flexibility index (Phi) is 13.6. The first kappa shape index (κ1) is 54.8. The third kappa shape index (κ3) is 10.1. The van der Waals surface area contributed by atoms with Gasteiger partial charge in [-0.3, -0.25) is 0 Å². The maximum absolute atomic E-state index is 15.9. The van der Waals surface area contributed by atoms with Gasteiger partial charge < -0.3 is 28.8 Å². The Hall–Kier alpha value is -7.58.